The number of nitrogens with zero attached hydrogens (tertiary/aromatic N) is 3. The summed E-state index contributed by atoms with van der Waals surface area (Å²) >= 11 is 0. The molecule has 1 heterocycles. The van der Waals surface area contributed by atoms with Crippen molar-refractivity contribution in [3.05, 3.63) is 29.8 Å². The minimum absolute atomic E-state index is 0.318. The highest BCUT2D eigenvalue weighted by Crippen LogP contribution is 2.20. The van der Waals surface area contributed by atoms with Crippen molar-refractivity contribution in [1.82, 2.24) is 15.5 Å². The lowest BCUT2D eigenvalue weighted by atomic mass is 10.2. The van der Waals surface area contributed by atoms with Crippen molar-refractivity contribution in [2.24, 2.45) is 4.99 Å². The Kier molecular flexibility index (Phi) is 7.54. The Morgan fingerprint density at radius 1 is 1.32 bits per heavy atom. The SMILES string of the molecule is CN=C(NCCN(C)C(=O)OC(C)(C)C)NC1CCN(c2ccc(C)cc2)C1. The number of hydrogen-bond donors (Lipinski definition) is 2. The summed E-state index contributed by atoms with van der Waals surface area (Å²) in [6.07, 6.45) is 0.744. The maximum absolute atomic E-state index is 12.0. The molecule has 1 aliphatic heterocycles. The maximum Gasteiger partial charge on any atom is 0.410 e. The number of aryl methyl sites for hydroxylation is 1. The lowest BCUT2D eigenvalue weighted by Gasteiger charge is -2.25. The largest absolute Gasteiger partial charge is 0.444 e. The third-order valence-corrected chi connectivity index (χ3v) is 4.60. The average Bonchev–Trinajstić information content (AvgIpc) is 3.08. The summed E-state index contributed by atoms with van der Waals surface area (Å²) in [5.74, 6) is 0.758. The fourth-order valence-corrected chi connectivity index (χ4v) is 3.03. The summed E-state index contributed by atoms with van der Waals surface area (Å²) < 4.78 is 5.36. The number of anilines is 1. The summed E-state index contributed by atoms with van der Waals surface area (Å²) in [5.41, 5.74) is 2.05. The highest BCUT2D eigenvalue weighted by Gasteiger charge is 2.23. The lowest BCUT2D eigenvalue weighted by molar-refractivity contribution is 0.0302. The summed E-state index contributed by atoms with van der Waals surface area (Å²) in [6.45, 7) is 10.8. The number of ether oxygens (including phenoxy) is 1. The predicted octanol–water partition coefficient (Wildman–Crippen LogP) is 2.61. The molecule has 0 radical (unpaired) electrons. The number of guanidine groups is 1. The second-order valence-corrected chi connectivity index (χ2v) is 8.31. The molecule has 1 amide bonds. The lowest BCUT2D eigenvalue weighted by Crippen LogP contribution is -2.47. The molecular weight excluding hydrogens is 354 g/mol. The van der Waals surface area contributed by atoms with Gasteiger partial charge < -0.3 is 25.2 Å². The molecule has 1 atom stereocenters. The second-order valence-electron chi connectivity index (χ2n) is 8.31. The molecule has 7 heteroatoms. The Morgan fingerprint density at radius 2 is 2.00 bits per heavy atom. The molecule has 28 heavy (non-hydrogen) atoms. The maximum atomic E-state index is 12.0. The molecule has 1 unspecified atom stereocenters. The molecule has 0 bridgehead atoms. The molecule has 0 spiro atoms. The molecule has 1 aliphatic rings. The quantitative estimate of drug-likeness (QED) is 0.598. The molecule has 2 N–H and O–H groups in total. The van der Waals surface area contributed by atoms with Gasteiger partial charge in [0.05, 0.1) is 0 Å². The molecule has 2 rings (SSSR count). The third kappa shape index (κ3) is 6.94. The molecule has 156 valence electrons. The van der Waals surface area contributed by atoms with E-state index in [0.29, 0.717) is 19.1 Å². The Hall–Kier alpha value is -2.44. The van der Waals surface area contributed by atoms with Crippen LogP contribution in [-0.4, -0.2) is 68.9 Å². The molecule has 0 saturated carbocycles. The van der Waals surface area contributed by atoms with Crippen LogP contribution in [0.15, 0.2) is 29.3 Å². The van der Waals surface area contributed by atoms with Gasteiger partial charge in [0, 0.05) is 52.0 Å². The van der Waals surface area contributed by atoms with Gasteiger partial charge in [-0.05, 0) is 46.2 Å². The zero-order chi connectivity index (χ0) is 20.7. The first-order chi connectivity index (χ1) is 13.2. The van der Waals surface area contributed by atoms with Crippen molar-refractivity contribution in [3.8, 4) is 0 Å². The highest BCUT2D eigenvalue weighted by molar-refractivity contribution is 5.80. The van der Waals surface area contributed by atoms with E-state index in [4.69, 9.17) is 4.74 Å². The van der Waals surface area contributed by atoms with Crippen molar-refractivity contribution in [3.63, 3.8) is 0 Å². The topological polar surface area (TPSA) is 69.2 Å². The molecule has 0 aromatic heterocycles. The van der Waals surface area contributed by atoms with E-state index in [9.17, 15) is 4.79 Å². The van der Waals surface area contributed by atoms with Crippen LogP contribution in [0.1, 0.15) is 32.8 Å². The van der Waals surface area contributed by atoms with Crippen LogP contribution in [0.3, 0.4) is 0 Å². The zero-order valence-corrected chi connectivity index (χ0v) is 18.1. The van der Waals surface area contributed by atoms with Crippen molar-refractivity contribution >= 4 is 17.7 Å². The summed E-state index contributed by atoms with van der Waals surface area (Å²) in [7, 11) is 3.50. The Morgan fingerprint density at radius 3 is 2.61 bits per heavy atom. The van der Waals surface area contributed by atoms with Crippen LogP contribution in [0.5, 0.6) is 0 Å². The minimum atomic E-state index is -0.484. The Balaban J connectivity index is 1.74. The van der Waals surface area contributed by atoms with E-state index >= 15 is 0 Å². The smallest absolute Gasteiger partial charge is 0.410 e. The van der Waals surface area contributed by atoms with E-state index in [1.165, 1.54) is 11.3 Å². The van der Waals surface area contributed by atoms with E-state index in [1.807, 2.05) is 20.8 Å². The van der Waals surface area contributed by atoms with E-state index in [2.05, 4.69) is 51.7 Å². The summed E-state index contributed by atoms with van der Waals surface area (Å²) in [4.78, 5) is 20.3. The van der Waals surface area contributed by atoms with Gasteiger partial charge in [0.1, 0.15) is 5.60 Å². The molecular formula is C21H35N5O2. The first-order valence-corrected chi connectivity index (χ1v) is 9.91. The van der Waals surface area contributed by atoms with Crippen molar-refractivity contribution in [2.45, 2.75) is 45.8 Å². The standard InChI is InChI=1S/C21H35N5O2/c1-16-7-9-18(10-8-16)26-13-11-17(15-26)24-19(22-5)23-12-14-25(6)20(27)28-21(2,3)4/h7-10,17H,11-15H2,1-6H3,(H2,22,23,24). The fourth-order valence-electron chi connectivity index (χ4n) is 3.03. The summed E-state index contributed by atoms with van der Waals surface area (Å²) in [5, 5.41) is 6.76. The van der Waals surface area contributed by atoms with E-state index in [1.54, 1.807) is 19.0 Å². The van der Waals surface area contributed by atoms with E-state index in [0.717, 1.165) is 25.5 Å². The zero-order valence-electron chi connectivity index (χ0n) is 18.1. The van der Waals surface area contributed by atoms with Crippen LogP contribution in [0, 0.1) is 6.92 Å². The number of carbonyl (C=O) groups excluding carboxylic acids is 1. The van der Waals surface area contributed by atoms with Gasteiger partial charge in [-0.2, -0.15) is 0 Å². The number of carbonyl (C=O) groups is 1. The van der Waals surface area contributed by atoms with Crippen LogP contribution in [0.25, 0.3) is 0 Å². The van der Waals surface area contributed by atoms with Crippen molar-refractivity contribution in [1.29, 1.82) is 0 Å². The van der Waals surface area contributed by atoms with Gasteiger partial charge in [-0.15, -0.1) is 0 Å². The first kappa shape index (κ1) is 21.9. The van der Waals surface area contributed by atoms with Gasteiger partial charge in [-0.3, -0.25) is 4.99 Å². The molecule has 1 fully saturated rings. The molecule has 0 aliphatic carbocycles. The van der Waals surface area contributed by atoms with E-state index < -0.39 is 5.60 Å². The Labute approximate surface area is 169 Å². The highest BCUT2D eigenvalue weighted by atomic mass is 16.6. The molecule has 7 nitrogen and oxygen atoms in total. The van der Waals surface area contributed by atoms with Gasteiger partial charge in [-0.1, -0.05) is 17.7 Å². The van der Waals surface area contributed by atoms with Crippen LogP contribution >= 0.6 is 0 Å². The number of benzene rings is 1. The van der Waals surface area contributed by atoms with Crippen molar-refractivity contribution < 1.29 is 9.53 Å². The van der Waals surface area contributed by atoms with Crippen LogP contribution in [0.4, 0.5) is 10.5 Å². The second kappa shape index (κ2) is 9.66. The number of nitrogens with one attached hydrogen (secondary N) is 2. The number of aliphatic imine (C=N–C) groups is 1. The number of amides is 1. The molecule has 1 aromatic carbocycles. The molecule has 1 saturated heterocycles. The van der Waals surface area contributed by atoms with E-state index in [-0.39, 0.29) is 6.09 Å². The van der Waals surface area contributed by atoms with Gasteiger partial charge in [0.15, 0.2) is 5.96 Å². The third-order valence-electron chi connectivity index (χ3n) is 4.60. The normalized spacial score (nSPS) is 17.4. The predicted molar refractivity (Wildman–Crippen MR) is 115 cm³/mol. The van der Waals surface area contributed by atoms with Gasteiger partial charge in [0.25, 0.3) is 0 Å². The van der Waals surface area contributed by atoms with Gasteiger partial charge in [0.2, 0.25) is 0 Å². The number of hydrogen-bond acceptors (Lipinski definition) is 4. The minimum Gasteiger partial charge on any atom is -0.444 e. The number of rotatable bonds is 5. The van der Waals surface area contributed by atoms with Crippen LogP contribution in [0.2, 0.25) is 0 Å². The average molecular weight is 390 g/mol. The fraction of sp³-hybridized carbons (Fsp3) is 0.619. The molecule has 1 aromatic rings. The Bertz CT molecular complexity index is 666. The van der Waals surface area contributed by atoms with Crippen LogP contribution < -0.4 is 15.5 Å². The van der Waals surface area contributed by atoms with Gasteiger partial charge >= 0.3 is 6.09 Å². The van der Waals surface area contributed by atoms with Crippen molar-refractivity contribution in [2.75, 3.05) is 45.2 Å². The monoisotopic (exact) mass is 389 g/mol. The van der Waals surface area contributed by atoms with Crippen LogP contribution in [-0.2, 0) is 4.74 Å². The van der Waals surface area contributed by atoms with Gasteiger partial charge in [-0.25, -0.2) is 4.79 Å². The number of likely N-dealkylation sites (N-methyl/N-ethyl adjacent to an activating group) is 1. The summed E-state index contributed by atoms with van der Waals surface area (Å²) in [6, 6.07) is 9.00. The first-order valence-electron chi connectivity index (χ1n) is 9.91.